The molecule has 0 radical (unpaired) electrons. The first-order chi connectivity index (χ1) is 18.9. The summed E-state index contributed by atoms with van der Waals surface area (Å²) in [5.74, 6) is -0.323. The molecule has 0 unspecified atom stereocenters. The maximum Gasteiger partial charge on any atom is 0.421 e. The molecule has 1 amide bonds. The predicted octanol–water partition coefficient (Wildman–Crippen LogP) is 4.56. The van der Waals surface area contributed by atoms with Gasteiger partial charge in [0, 0.05) is 49.3 Å². The third-order valence-corrected chi connectivity index (χ3v) is 7.78. The summed E-state index contributed by atoms with van der Waals surface area (Å²) < 4.78 is 66.1. The summed E-state index contributed by atoms with van der Waals surface area (Å²) in [7, 11) is -2.35. The van der Waals surface area contributed by atoms with Crippen LogP contribution in [0.4, 0.5) is 36.4 Å². The minimum Gasteiger partial charge on any atom is -0.365 e. The highest BCUT2D eigenvalue weighted by Crippen LogP contribution is 2.34. The number of nitrogens with zero attached hydrogens (tertiary/aromatic N) is 4. The zero-order valence-electron chi connectivity index (χ0n) is 22.0. The number of nitrogens with one attached hydrogen (secondary N) is 3. The molecular weight excluding hydrogens is 547 g/mol. The summed E-state index contributed by atoms with van der Waals surface area (Å²) in [4.78, 5) is 24.5. The maximum atomic E-state index is 13.7. The van der Waals surface area contributed by atoms with Gasteiger partial charge in [-0.3, -0.25) is 9.10 Å². The Morgan fingerprint density at radius 2 is 1.88 bits per heavy atom. The van der Waals surface area contributed by atoms with Crippen molar-refractivity contribution in [2.75, 3.05) is 34.8 Å². The van der Waals surface area contributed by atoms with E-state index in [1.54, 1.807) is 36.4 Å². The lowest BCUT2D eigenvalue weighted by Crippen LogP contribution is -2.28. The zero-order chi connectivity index (χ0) is 28.9. The molecule has 1 aliphatic carbocycles. The van der Waals surface area contributed by atoms with Crippen LogP contribution >= 0.6 is 0 Å². The summed E-state index contributed by atoms with van der Waals surface area (Å²) in [5, 5.41) is 8.44. The number of carbonyl (C=O) groups excluding carboxylic acids is 1. The Balaban J connectivity index is 1.52. The topological polar surface area (TPSA) is 129 Å². The molecule has 0 atom stereocenters. The van der Waals surface area contributed by atoms with Gasteiger partial charge in [-0.1, -0.05) is 25.0 Å². The Morgan fingerprint density at radius 3 is 2.58 bits per heavy atom. The molecule has 1 fully saturated rings. The number of benzene rings is 1. The number of anilines is 4. The van der Waals surface area contributed by atoms with E-state index < -0.39 is 27.6 Å². The van der Waals surface area contributed by atoms with Crippen molar-refractivity contribution < 1.29 is 26.4 Å². The van der Waals surface area contributed by atoms with Crippen LogP contribution in [0.5, 0.6) is 0 Å². The van der Waals surface area contributed by atoms with Crippen LogP contribution < -0.4 is 20.3 Å². The molecular formula is C26H30F3N7O3S. The van der Waals surface area contributed by atoms with E-state index in [1.165, 1.54) is 26.1 Å². The SMILES string of the molecule is CN(c1ncccc1CNc1nc(Nc2cccc(C(=O)NCC3CCCC3)c2)ncc1C(F)(F)F)S(C)(=O)=O. The van der Waals surface area contributed by atoms with E-state index in [0.717, 1.165) is 23.4 Å². The lowest BCUT2D eigenvalue weighted by molar-refractivity contribution is -0.137. The summed E-state index contributed by atoms with van der Waals surface area (Å²) >= 11 is 0. The van der Waals surface area contributed by atoms with Gasteiger partial charge < -0.3 is 16.0 Å². The molecule has 1 saturated carbocycles. The maximum absolute atomic E-state index is 13.7. The third kappa shape index (κ3) is 7.37. The fourth-order valence-corrected chi connectivity index (χ4v) is 4.87. The molecule has 3 aromatic rings. The minimum absolute atomic E-state index is 0.0708. The average molecular weight is 578 g/mol. The van der Waals surface area contributed by atoms with Crippen LogP contribution in [0, 0.1) is 5.92 Å². The number of carbonyl (C=O) groups is 1. The number of hydrogen-bond donors (Lipinski definition) is 3. The number of amides is 1. The molecule has 0 bridgehead atoms. The van der Waals surface area contributed by atoms with E-state index in [-0.39, 0.29) is 24.2 Å². The van der Waals surface area contributed by atoms with Crippen LogP contribution in [-0.2, 0) is 22.7 Å². The summed E-state index contributed by atoms with van der Waals surface area (Å²) in [6.07, 6.45) is 2.83. The molecule has 2 heterocycles. The monoisotopic (exact) mass is 577 g/mol. The van der Waals surface area contributed by atoms with Crippen LogP contribution in [0.1, 0.15) is 47.2 Å². The van der Waals surface area contributed by atoms with Gasteiger partial charge in [0.15, 0.2) is 0 Å². The lowest BCUT2D eigenvalue weighted by atomic mass is 10.1. The van der Waals surface area contributed by atoms with Gasteiger partial charge in [-0.2, -0.15) is 18.2 Å². The van der Waals surface area contributed by atoms with Crippen molar-refractivity contribution >= 4 is 39.2 Å². The van der Waals surface area contributed by atoms with Crippen molar-refractivity contribution in [2.45, 2.75) is 38.4 Å². The fourth-order valence-electron chi connectivity index (χ4n) is 4.39. The minimum atomic E-state index is -4.75. The molecule has 214 valence electrons. The van der Waals surface area contributed by atoms with Gasteiger partial charge in [0.25, 0.3) is 5.91 Å². The van der Waals surface area contributed by atoms with Gasteiger partial charge in [-0.05, 0) is 43.0 Å². The highest BCUT2D eigenvalue weighted by Gasteiger charge is 2.35. The number of halogens is 3. The molecule has 14 heteroatoms. The molecule has 2 aromatic heterocycles. The molecule has 0 saturated heterocycles. The first-order valence-electron chi connectivity index (χ1n) is 12.6. The standard InChI is InChI=1S/C26H30F3N7O3S/c1-36(40(2,38)39)23-19(10-6-12-30-23)15-31-22-21(26(27,28)29)16-33-25(35-22)34-20-11-5-9-18(13-20)24(37)32-14-17-7-3-4-8-17/h5-6,9-13,16-17H,3-4,7-8,14-15H2,1-2H3,(H,32,37)(H2,31,33,34,35). The number of alkyl halides is 3. The van der Waals surface area contributed by atoms with Crippen molar-refractivity contribution in [3.63, 3.8) is 0 Å². The van der Waals surface area contributed by atoms with E-state index in [0.29, 0.717) is 35.5 Å². The number of hydrogen-bond acceptors (Lipinski definition) is 8. The quantitative estimate of drug-likeness (QED) is 0.320. The van der Waals surface area contributed by atoms with Gasteiger partial charge in [-0.15, -0.1) is 0 Å². The molecule has 1 aromatic carbocycles. The van der Waals surface area contributed by atoms with E-state index in [2.05, 4.69) is 30.9 Å². The van der Waals surface area contributed by atoms with Crippen LogP contribution in [0.15, 0.2) is 48.8 Å². The van der Waals surface area contributed by atoms with E-state index in [9.17, 15) is 26.4 Å². The van der Waals surface area contributed by atoms with Crippen LogP contribution in [0.3, 0.4) is 0 Å². The zero-order valence-corrected chi connectivity index (χ0v) is 22.8. The lowest BCUT2D eigenvalue weighted by Gasteiger charge is -2.20. The second-order valence-electron chi connectivity index (χ2n) is 9.59. The van der Waals surface area contributed by atoms with Crippen LogP contribution in [-0.4, -0.2) is 49.1 Å². The number of pyridine rings is 1. The van der Waals surface area contributed by atoms with E-state index in [4.69, 9.17) is 0 Å². The summed E-state index contributed by atoms with van der Waals surface area (Å²) in [6.45, 7) is 0.408. The number of sulfonamides is 1. The molecule has 1 aliphatic rings. The molecule has 10 nitrogen and oxygen atoms in total. The second-order valence-corrected chi connectivity index (χ2v) is 11.6. The van der Waals surface area contributed by atoms with Crippen molar-refractivity contribution in [2.24, 2.45) is 5.92 Å². The smallest absolute Gasteiger partial charge is 0.365 e. The third-order valence-electron chi connectivity index (χ3n) is 6.61. The summed E-state index contributed by atoms with van der Waals surface area (Å²) in [5.41, 5.74) is 0.0592. The van der Waals surface area contributed by atoms with Crippen LogP contribution in [0.2, 0.25) is 0 Å². The number of rotatable bonds is 10. The van der Waals surface area contributed by atoms with Crippen molar-refractivity contribution in [1.82, 2.24) is 20.3 Å². The van der Waals surface area contributed by atoms with Gasteiger partial charge in [0.05, 0.1) is 6.26 Å². The Bertz CT molecular complexity index is 1460. The molecule has 3 N–H and O–H groups in total. The number of aromatic nitrogens is 3. The Kier molecular flexibility index (Phi) is 8.76. The average Bonchev–Trinajstić information content (AvgIpc) is 3.43. The normalized spacial score (nSPS) is 14.1. The van der Waals surface area contributed by atoms with Gasteiger partial charge in [0.2, 0.25) is 16.0 Å². The largest absolute Gasteiger partial charge is 0.421 e. The fraction of sp³-hybridized carbons (Fsp3) is 0.385. The van der Waals surface area contributed by atoms with Crippen molar-refractivity contribution in [3.8, 4) is 0 Å². The predicted molar refractivity (Wildman–Crippen MR) is 146 cm³/mol. The molecule has 40 heavy (non-hydrogen) atoms. The van der Waals surface area contributed by atoms with Gasteiger partial charge in [-0.25, -0.2) is 18.4 Å². The highest BCUT2D eigenvalue weighted by atomic mass is 32.2. The van der Waals surface area contributed by atoms with Crippen LogP contribution in [0.25, 0.3) is 0 Å². The summed E-state index contributed by atoms with van der Waals surface area (Å²) in [6, 6.07) is 9.61. The van der Waals surface area contributed by atoms with Crippen molar-refractivity contribution in [3.05, 3.63) is 65.5 Å². The van der Waals surface area contributed by atoms with Gasteiger partial charge >= 0.3 is 6.18 Å². The highest BCUT2D eigenvalue weighted by molar-refractivity contribution is 7.92. The Morgan fingerprint density at radius 1 is 1.12 bits per heavy atom. The first kappa shape index (κ1) is 29.1. The van der Waals surface area contributed by atoms with E-state index >= 15 is 0 Å². The second kappa shape index (κ2) is 12.1. The van der Waals surface area contributed by atoms with E-state index in [1.807, 2.05) is 0 Å². The molecule has 4 rings (SSSR count). The van der Waals surface area contributed by atoms with Crippen molar-refractivity contribution in [1.29, 1.82) is 0 Å². The molecule has 0 aliphatic heterocycles. The van der Waals surface area contributed by atoms with Gasteiger partial charge in [0.1, 0.15) is 17.2 Å². The first-order valence-corrected chi connectivity index (χ1v) is 14.5. The Hall–Kier alpha value is -3.94. The molecule has 0 spiro atoms. The Labute approximate surface area is 230 Å².